The van der Waals surface area contributed by atoms with Crippen molar-refractivity contribution in [3.8, 4) is 0 Å². The molecule has 2 heterocycles. The highest BCUT2D eigenvalue weighted by Crippen LogP contribution is 2.22. The summed E-state index contributed by atoms with van der Waals surface area (Å²) >= 11 is 0. The van der Waals surface area contributed by atoms with Crippen LogP contribution in [0.2, 0.25) is 0 Å². The Morgan fingerprint density at radius 3 is 2.89 bits per heavy atom. The molecule has 19 heavy (non-hydrogen) atoms. The first-order valence-corrected chi connectivity index (χ1v) is 7.85. The number of nitrogens with zero attached hydrogens (tertiary/aromatic N) is 1. The summed E-state index contributed by atoms with van der Waals surface area (Å²) in [5, 5.41) is 3.09. The lowest BCUT2D eigenvalue weighted by Crippen LogP contribution is -2.37. The number of furan rings is 1. The van der Waals surface area contributed by atoms with Gasteiger partial charge in [-0.05, 0) is 25.1 Å². The Balaban J connectivity index is 2.12. The van der Waals surface area contributed by atoms with Crippen molar-refractivity contribution in [3.63, 3.8) is 0 Å². The van der Waals surface area contributed by atoms with Gasteiger partial charge in [-0.25, -0.2) is 8.42 Å². The van der Waals surface area contributed by atoms with E-state index < -0.39 is 10.0 Å². The van der Waals surface area contributed by atoms with Crippen LogP contribution in [0.5, 0.6) is 0 Å². The zero-order valence-corrected chi connectivity index (χ0v) is 12.1. The molecule has 7 heteroatoms. The molecule has 0 bridgehead atoms. The van der Waals surface area contributed by atoms with E-state index in [-0.39, 0.29) is 11.1 Å². The maximum absolute atomic E-state index is 12.4. The van der Waals surface area contributed by atoms with Crippen molar-refractivity contribution in [2.24, 2.45) is 0 Å². The van der Waals surface area contributed by atoms with Crippen LogP contribution in [0.3, 0.4) is 0 Å². The molecule has 0 aromatic carbocycles. The van der Waals surface area contributed by atoms with Crippen LogP contribution < -0.4 is 5.32 Å². The van der Waals surface area contributed by atoms with E-state index in [1.807, 2.05) is 6.92 Å². The molecule has 0 aliphatic carbocycles. The number of ether oxygens (including phenoxy) is 1. The fraction of sp³-hybridized carbons (Fsp3) is 0.667. The zero-order valence-electron chi connectivity index (χ0n) is 11.3. The summed E-state index contributed by atoms with van der Waals surface area (Å²) in [5.74, 6) is 0.622. The second-order valence-corrected chi connectivity index (χ2v) is 6.47. The van der Waals surface area contributed by atoms with Gasteiger partial charge in [-0.1, -0.05) is 6.92 Å². The fourth-order valence-corrected chi connectivity index (χ4v) is 3.28. The Morgan fingerprint density at radius 2 is 2.26 bits per heavy atom. The first-order chi connectivity index (χ1) is 9.05. The lowest BCUT2D eigenvalue weighted by atomic mass is 10.3. The van der Waals surface area contributed by atoms with Crippen molar-refractivity contribution in [1.29, 1.82) is 0 Å². The molecule has 1 fully saturated rings. The third kappa shape index (κ3) is 3.17. The largest absolute Gasteiger partial charge is 0.447 e. The number of rotatable bonds is 6. The molecule has 0 spiro atoms. The summed E-state index contributed by atoms with van der Waals surface area (Å²) < 4.78 is 36.7. The highest BCUT2D eigenvalue weighted by molar-refractivity contribution is 7.89. The Morgan fingerprint density at radius 1 is 1.47 bits per heavy atom. The maximum Gasteiger partial charge on any atom is 0.276 e. The van der Waals surface area contributed by atoms with Gasteiger partial charge in [0.15, 0.2) is 0 Å². The van der Waals surface area contributed by atoms with Gasteiger partial charge in [0.1, 0.15) is 5.76 Å². The van der Waals surface area contributed by atoms with Gasteiger partial charge in [-0.2, -0.15) is 4.31 Å². The second-order valence-electron chi connectivity index (χ2n) is 4.54. The van der Waals surface area contributed by atoms with Crippen LogP contribution in [0.15, 0.2) is 21.6 Å². The SMILES string of the molecule is CCNCc1ccc(S(=O)(=O)N(C)C2CCOC2)o1. The molecule has 0 saturated carbocycles. The lowest BCUT2D eigenvalue weighted by molar-refractivity contribution is 0.180. The van der Waals surface area contributed by atoms with Crippen molar-refractivity contribution in [2.45, 2.75) is 31.0 Å². The lowest BCUT2D eigenvalue weighted by Gasteiger charge is -2.20. The average Bonchev–Trinajstić information content (AvgIpc) is 3.06. The number of hydrogen-bond acceptors (Lipinski definition) is 5. The molecule has 0 amide bonds. The highest BCUT2D eigenvalue weighted by Gasteiger charge is 2.32. The average molecular weight is 288 g/mol. The van der Waals surface area contributed by atoms with E-state index in [1.54, 1.807) is 13.1 Å². The van der Waals surface area contributed by atoms with Crippen molar-refractivity contribution in [2.75, 3.05) is 26.8 Å². The number of hydrogen-bond donors (Lipinski definition) is 1. The molecular weight excluding hydrogens is 268 g/mol. The van der Waals surface area contributed by atoms with Gasteiger partial charge in [0.2, 0.25) is 5.09 Å². The van der Waals surface area contributed by atoms with Gasteiger partial charge < -0.3 is 14.5 Å². The van der Waals surface area contributed by atoms with E-state index >= 15 is 0 Å². The topological polar surface area (TPSA) is 71.8 Å². The standard InChI is InChI=1S/C12H20N2O4S/c1-3-13-8-11-4-5-12(18-11)19(15,16)14(2)10-6-7-17-9-10/h4-5,10,13H,3,6-9H2,1-2H3. The molecule has 2 rings (SSSR count). The molecule has 1 aliphatic heterocycles. The normalized spacial score (nSPS) is 20.3. The van der Waals surface area contributed by atoms with Gasteiger partial charge in [0.05, 0.1) is 19.2 Å². The summed E-state index contributed by atoms with van der Waals surface area (Å²) in [5.41, 5.74) is 0. The van der Waals surface area contributed by atoms with Crippen molar-refractivity contribution >= 4 is 10.0 Å². The van der Waals surface area contributed by atoms with Gasteiger partial charge in [0, 0.05) is 13.7 Å². The Hall–Kier alpha value is -0.890. The molecule has 1 aromatic rings. The summed E-state index contributed by atoms with van der Waals surface area (Å²) in [7, 11) is -2.00. The van der Waals surface area contributed by atoms with E-state index in [4.69, 9.17) is 9.15 Å². The van der Waals surface area contributed by atoms with E-state index in [0.29, 0.717) is 25.5 Å². The molecule has 108 valence electrons. The van der Waals surface area contributed by atoms with E-state index in [2.05, 4.69) is 5.32 Å². The molecule has 1 aromatic heterocycles. The minimum atomic E-state index is -3.57. The first kappa shape index (κ1) is 14.5. The van der Waals surface area contributed by atoms with Gasteiger partial charge >= 0.3 is 0 Å². The molecule has 1 aliphatic rings. The summed E-state index contributed by atoms with van der Waals surface area (Å²) in [6.07, 6.45) is 0.723. The van der Waals surface area contributed by atoms with Crippen LogP contribution in [0.25, 0.3) is 0 Å². The van der Waals surface area contributed by atoms with E-state index in [1.165, 1.54) is 10.4 Å². The van der Waals surface area contributed by atoms with Crippen LogP contribution in [0.1, 0.15) is 19.1 Å². The molecule has 6 nitrogen and oxygen atoms in total. The second kappa shape index (κ2) is 6.04. The minimum Gasteiger partial charge on any atom is -0.447 e. The summed E-state index contributed by atoms with van der Waals surface area (Å²) in [4.78, 5) is 0. The predicted molar refractivity (Wildman–Crippen MR) is 70.3 cm³/mol. The van der Waals surface area contributed by atoms with Gasteiger partial charge in [-0.15, -0.1) is 0 Å². The Bertz CT molecular complexity index is 506. The van der Waals surface area contributed by atoms with E-state index in [0.717, 1.165) is 13.0 Å². The third-order valence-corrected chi connectivity index (χ3v) is 5.02. The molecule has 1 N–H and O–H groups in total. The summed E-state index contributed by atoms with van der Waals surface area (Å²) in [6, 6.07) is 3.09. The van der Waals surface area contributed by atoms with Crippen LogP contribution in [-0.2, 0) is 21.3 Å². The van der Waals surface area contributed by atoms with Crippen molar-refractivity contribution in [1.82, 2.24) is 9.62 Å². The van der Waals surface area contributed by atoms with Gasteiger partial charge in [0.25, 0.3) is 10.0 Å². The fourth-order valence-electron chi connectivity index (χ4n) is 1.99. The van der Waals surface area contributed by atoms with Crippen molar-refractivity contribution in [3.05, 3.63) is 17.9 Å². The van der Waals surface area contributed by atoms with Crippen LogP contribution in [0, 0.1) is 0 Å². The molecule has 1 atom stereocenters. The van der Waals surface area contributed by atoms with E-state index in [9.17, 15) is 8.42 Å². The third-order valence-electron chi connectivity index (χ3n) is 3.24. The first-order valence-electron chi connectivity index (χ1n) is 6.41. The Labute approximate surface area is 113 Å². The van der Waals surface area contributed by atoms with Crippen molar-refractivity contribution < 1.29 is 17.6 Å². The Kier molecular flexibility index (Phi) is 4.62. The molecular formula is C12H20N2O4S. The number of nitrogens with one attached hydrogen (secondary N) is 1. The van der Waals surface area contributed by atoms with Gasteiger partial charge in [-0.3, -0.25) is 0 Å². The molecule has 1 unspecified atom stereocenters. The molecule has 1 saturated heterocycles. The van der Waals surface area contributed by atoms with Crippen LogP contribution in [-0.4, -0.2) is 45.6 Å². The number of sulfonamides is 1. The van der Waals surface area contributed by atoms with Crippen LogP contribution >= 0.6 is 0 Å². The monoisotopic (exact) mass is 288 g/mol. The summed E-state index contributed by atoms with van der Waals surface area (Å²) in [6.45, 7) is 4.37. The minimum absolute atomic E-state index is 0.00481. The highest BCUT2D eigenvalue weighted by atomic mass is 32.2. The number of likely N-dealkylation sites (N-methyl/N-ethyl adjacent to an activating group) is 1. The molecule has 0 radical (unpaired) electrons. The quantitative estimate of drug-likeness (QED) is 0.838. The predicted octanol–water partition coefficient (Wildman–Crippen LogP) is 0.798. The zero-order chi connectivity index (χ0) is 13.9. The smallest absolute Gasteiger partial charge is 0.276 e. The maximum atomic E-state index is 12.4. The van der Waals surface area contributed by atoms with Crippen LogP contribution in [0.4, 0.5) is 0 Å².